The second-order valence-electron chi connectivity index (χ2n) is 19.9. The van der Waals surface area contributed by atoms with Crippen LogP contribution in [-0.2, 0) is 18.4 Å². The van der Waals surface area contributed by atoms with Crippen LogP contribution in [0.5, 0.6) is 0 Å². The molecule has 1 amide bonds. The van der Waals surface area contributed by atoms with E-state index in [1.807, 2.05) is 27.2 Å². The maximum absolute atomic E-state index is 12.9. The highest BCUT2D eigenvalue weighted by Crippen LogP contribution is 2.43. The summed E-state index contributed by atoms with van der Waals surface area (Å²) in [5.74, 6) is -0.188. The van der Waals surface area contributed by atoms with Gasteiger partial charge in [0.2, 0.25) is 5.91 Å². The fourth-order valence-electron chi connectivity index (χ4n) is 8.00. The average molecular weight is 924 g/mol. The van der Waals surface area contributed by atoms with E-state index in [1.165, 1.54) is 186 Å². The van der Waals surface area contributed by atoms with Gasteiger partial charge in [-0.3, -0.25) is 13.8 Å². The number of quaternary nitrogens is 1. The van der Waals surface area contributed by atoms with Gasteiger partial charge in [-0.25, -0.2) is 4.57 Å². The number of allylic oxidation sites excluding steroid dienone is 5. The van der Waals surface area contributed by atoms with Gasteiger partial charge >= 0.3 is 7.82 Å². The van der Waals surface area contributed by atoms with Crippen LogP contribution in [0.4, 0.5) is 0 Å². The Kier molecular flexibility index (Phi) is 45.9. The van der Waals surface area contributed by atoms with Crippen molar-refractivity contribution in [2.24, 2.45) is 0 Å². The Morgan fingerprint density at radius 2 is 0.859 bits per heavy atom. The van der Waals surface area contributed by atoms with Gasteiger partial charge in [0.25, 0.3) is 0 Å². The quantitative estimate of drug-likeness (QED) is 0.0243. The molecule has 0 spiro atoms. The topological polar surface area (TPSA) is 105 Å². The molecule has 0 radical (unpaired) electrons. The number of rotatable bonds is 50. The Bertz CT molecular complexity index is 1140. The Labute approximate surface area is 397 Å². The van der Waals surface area contributed by atoms with Crippen molar-refractivity contribution in [1.29, 1.82) is 0 Å². The molecule has 0 aliphatic carbocycles. The molecule has 0 aromatic rings. The standard InChI is InChI=1S/C55H107N2O6P/c1-6-8-10-12-14-16-18-20-21-22-23-24-25-26-27-28-29-30-31-32-33-34-35-36-37-39-41-43-45-47-49-55(59)56-53(52-63-64(60,61)62-51-50-57(3,4)5)54(58)48-46-44-42-40-38-19-17-15-13-11-9-7-2/h13,15,38,40,46,48,53-54,58H,6-12,14,16-37,39,41-45,47,49-52H2,1-5H3,(H-,56,59,60,61)/p+1/b15-13+,40-38+,48-46+. The van der Waals surface area contributed by atoms with Crippen molar-refractivity contribution >= 4 is 13.7 Å². The molecule has 0 aliphatic heterocycles. The highest BCUT2D eigenvalue weighted by atomic mass is 31.2. The minimum atomic E-state index is -4.35. The number of amides is 1. The number of aliphatic hydroxyl groups is 1. The maximum Gasteiger partial charge on any atom is 0.472 e. The number of hydrogen-bond donors (Lipinski definition) is 3. The van der Waals surface area contributed by atoms with Crippen molar-refractivity contribution in [2.75, 3.05) is 40.9 Å². The van der Waals surface area contributed by atoms with Crippen LogP contribution in [-0.4, -0.2) is 73.4 Å². The second kappa shape index (κ2) is 46.8. The first-order valence-corrected chi connectivity index (χ1v) is 28.9. The zero-order valence-electron chi connectivity index (χ0n) is 43.0. The first-order valence-electron chi connectivity index (χ1n) is 27.4. The van der Waals surface area contributed by atoms with E-state index < -0.39 is 20.0 Å². The summed E-state index contributed by atoms with van der Waals surface area (Å²) in [6.45, 7) is 4.76. The molecule has 9 heteroatoms. The van der Waals surface area contributed by atoms with Gasteiger partial charge in [-0.2, -0.15) is 0 Å². The predicted molar refractivity (Wildman–Crippen MR) is 277 cm³/mol. The number of unbranched alkanes of at least 4 members (excludes halogenated alkanes) is 33. The summed E-state index contributed by atoms with van der Waals surface area (Å²) in [7, 11) is 1.55. The highest BCUT2D eigenvalue weighted by molar-refractivity contribution is 7.47. The summed E-state index contributed by atoms with van der Waals surface area (Å²) in [5, 5.41) is 13.8. The summed E-state index contributed by atoms with van der Waals surface area (Å²) < 4.78 is 23.6. The van der Waals surface area contributed by atoms with Gasteiger partial charge in [0.1, 0.15) is 13.2 Å². The zero-order chi connectivity index (χ0) is 47.1. The van der Waals surface area contributed by atoms with Crippen molar-refractivity contribution in [3.63, 3.8) is 0 Å². The van der Waals surface area contributed by atoms with E-state index in [9.17, 15) is 19.4 Å². The highest BCUT2D eigenvalue weighted by Gasteiger charge is 2.27. The van der Waals surface area contributed by atoms with Gasteiger partial charge in [0, 0.05) is 6.42 Å². The number of hydrogen-bond acceptors (Lipinski definition) is 5. The molecule has 0 bridgehead atoms. The normalized spacial score (nSPS) is 14.3. The van der Waals surface area contributed by atoms with Crippen molar-refractivity contribution in [3.05, 3.63) is 36.5 Å². The smallest absolute Gasteiger partial charge is 0.387 e. The van der Waals surface area contributed by atoms with E-state index >= 15 is 0 Å². The Morgan fingerprint density at radius 1 is 0.516 bits per heavy atom. The van der Waals surface area contributed by atoms with Crippen molar-refractivity contribution in [2.45, 2.75) is 270 Å². The van der Waals surface area contributed by atoms with Gasteiger partial charge in [0.15, 0.2) is 0 Å². The van der Waals surface area contributed by atoms with E-state index in [0.717, 1.165) is 51.4 Å². The van der Waals surface area contributed by atoms with Crippen LogP contribution in [0.15, 0.2) is 36.5 Å². The molecule has 8 nitrogen and oxygen atoms in total. The molecule has 3 unspecified atom stereocenters. The third-order valence-corrected chi connectivity index (χ3v) is 13.3. The van der Waals surface area contributed by atoms with Gasteiger partial charge in [-0.15, -0.1) is 0 Å². The molecule has 0 fully saturated rings. The van der Waals surface area contributed by atoms with Crippen LogP contribution >= 0.6 is 7.82 Å². The predicted octanol–water partition coefficient (Wildman–Crippen LogP) is 16.2. The molecule has 0 saturated carbocycles. The van der Waals surface area contributed by atoms with Gasteiger partial charge in [-0.1, -0.05) is 249 Å². The molecular weight excluding hydrogens is 816 g/mol. The SMILES string of the molecule is CCCC/C=C/CC/C=C/CC/C=C/C(O)C(COP(=O)(O)OCC[N+](C)(C)C)NC(=O)CCCCCCCCCCCCCCCCCCCCCCCCCCCCCCCC. The molecule has 0 aromatic carbocycles. The minimum Gasteiger partial charge on any atom is -0.387 e. The lowest BCUT2D eigenvalue weighted by molar-refractivity contribution is -0.870. The molecule has 0 saturated heterocycles. The van der Waals surface area contributed by atoms with Crippen molar-refractivity contribution < 1.29 is 32.9 Å². The maximum atomic E-state index is 12.9. The first-order chi connectivity index (χ1) is 31.0. The van der Waals surface area contributed by atoms with Gasteiger partial charge in [0.05, 0.1) is 39.9 Å². The number of phosphoric acid groups is 1. The lowest BCUT2D eigenvalue weighted by atomic mass is 10.0. The molecule has 3 N–H and O–H groups in total. The number of carbonyl (C=O) groups is 1. The molecule has 0 aliphatic rings. The van der Waals surface area contributed by atoms with Crippen LogP contribution in [0, 0.1) is 0 Å². The Morgan fingerprint density at radius 3 is 1.23 bits per heavy atom. The number of nitrogens with one attached hydrogen (secondary N) is 1. The van der Waals surface area contributed by atoms with Crippen LogP contribution in [0.2, 0.25) is 0 Å². The van der Waals surface area contributed by atoms with Crippen molar-refractivity contribution in [1.82, 2.24) is 5.32 Å². The number of carbonyl (C=O) groups excluding carboxylic acids is 1. The Balaban J connectivity index is 4.04. The molecule has 0 rings (SSSR count). The minimum absolute atomic E-state index is 0.0547. The molecule has 3 atom stereocenters. The summed E-state index contributed by atoms with van der Waals surface area (Å²) in [6.07, 6.45) is 59.8. The van der Waals surface area contributed by atoms with Crippen LogP contribution < -0.4 is 5.32 Å². The molecule has 0 aromatic heterocycles. The number of likely N-dealkylation sites (N-methyl/N-ethyl adjacent to an activating group) is 1. The fraction of sp³-hybridized carbons (Fsp3) is 0.873. The van der Waals surface area contributed by atoms with Crippen molar-refractivity contribution in [3.8, 4) is 0 Å². The summed E-state index contributed by atoms with van der Waals surface area (Å²) in [5.41, 5.74) is 0. The monoisotopic (exact) mass is 924 g/mol. The Hall–Kier alpha value is -1.28. The summed E-state index contributed by atoms with van der Waals surface area (Å²) in [4.78, 5) is 23.2. The summed E-state index contributed by atoms with van der Waals surface area (Å²) in [6, 6.07) is -0.866. The van der Waals surface area contributed by atoms with E-state index in [4.69, 9.17) is 9.05 Å². The van der Waals surface area contributed by atoms with Gasteiger partial charge < -0.3 is 19.8 Å². The van der Waals surface area contributed by atoms with E-state index in [1.54, 1.807) is 6.08 Å². The van der Waals surface area contributed by atoms with E-state index in [2.05, 4.69) is 43.5 Å². The third kappa shape index (κ3) is 48.6. The molecule has 64 heavy (non-hydrogen) atoms. The molecular formula is C55H108N2O6P+. The molecule has 0 heterocycles. The largest absolute Gasteiger partial charge is 0.472 e. The fourth-order valence-corrected chi connectivity index (χ4v) is 8.74. The lowest BCUT2D eigenvalue weighted by Crippen LogP contribution is -2.45. The zero-order valence-corrected chi connectivity index (χ0v) is 43.9. The second-order valence-corrected chi connectivity index (χ2v) is 21.4. The van der Waals surface area contributed by atoms with Crippen LogP contribution in [0.1, 0.15) is 258 Å². The molecule has 378 valence electrons. The van der Waals surface area contributed by atoms with E-state index in [-0.39, 0.29) is 19.1 Å². The third-order valence-electron chi connectivity index (χ3n) is 12.3. The average Bonchev–Trinajstić information content (AvgIpc) is 3.25. The number of nitrogens with zero attached hydrogens (tertiary/aromatic N) is 1. The van der Waals surface area contributed by atoms with Crippen LogP contribution in [0.25, 0.3) is 0 Å². The lowest BCUT2D eigenvalue weighted by Gasteiger charge is -2.25. The van der Waals surface area contributed by atoms with Crippen LogP contribution in [0.3, 0.4) is 0 Å². The number of aliphatic hydroxyl groups excluding tert-OH is 1. The number of phosphoric ester groups is 1. The summed E-state index contributed by atoms with van der Waals surface area (Å²) >= 11 is 0. The first kappa shape index (κ1) is 62.7. The van der Waals surface area contributed by atoms with Gasteiger partial charge in [-0.05, 0) is 38.5 Å². The van der Waals surface area contributed by atoms with E-state index in [0.29, 0.717) is 17.4 Å².